The van der Waals surface area contributed by atoms with Crippen LogP contribution in [0.3, 0.4) is 0 Å². The second-order valence-corrected chi connectivity index (χ2v) is 6.77. The van der Waals surface area contributed by atoms with E-state index >= 15 is 0 Å². The van der Waals surface area contributed by atoms with E-state index < -0.39 is 0 Å². The molecular weight excluding hydrogens is 328 g/mol. The topological polar surface area (TPSA) is 86.1 Å². The van der Waals surface area contributed by atoms with Crippen molar-refractivity contribution in [2.45, 2.75) is 46.1 Å². The van der Waals surface area contributed by atoms with Crippen LogP contribution in [0.2, 0.25) is 0 Å². The maximum Gasteiger partial charge on any atom is 0.253 e. The lowest BCUT2D eigenvalue weighted by Gasteiger charge is -2.29. The maximum absolute atomic E-state index is 12.8. The summed E-state index contributed by atoms with van der Waals surface area (Å²) in [5.74, 6) is 1.84. The van der Waals surface area contributed by atoms with Gasteiger partial charge in [0.15, 0.2) is 5.82 Å². The van der Waals surface area contributed by atoms with Gasteiger partial charge in [0, 0.05) is 24.0 Å². The second-order valence-electron chi connectivity index (χ2n) is 6.77. The Morgan fingerprint density at radius 3 is 2.58 bits per heavy atom. The average Bonchev–Trinajstić information content (AvgIpc) is 3.22. The van der Waals surface area contributed by atoms with Crippen molar-refractivity contribution in [2.75, 3.05) is 6.54 Å². The normalized spacial score (nSPS) is 16.4. The summed E-state index contributed by atoms with van der Waals surface area (Å²) in [5.41, 5.74) is 8.02. The summed E-state index contributed by atoms with van der Waals surface area (Å²) >= 11 is 0. The van der Waals surface area contributed by atoms with Crippen molar-refractivity contribution in [3.63, 3.8) is 0 Å². The smallest absolute Gasteiger partial charge is 0.253 e. The summed E-state index contributed by atoms with van der Waals surface area (Å²) in [7, 11) is 0. The summed E-state index contributed by atoms with van der Waals surface area (Å²) in [6, 6.07) is 3.74. The highest BCUT2D eigenvalue weighted by atomic mass is 35.5. The zero-order valence-corrected chi connectivity index (χ0v) is 15.4. The molecule has 6 nitrogen and oxygen atoms in total. The molecular formula is C17H25ClN4O2. The highest BCUT2D eigenvalue weighted by Crippen LogP contribution is 2.39. The molecule has 2 aromatic heterocycles. The molecule has 1 aliphatic carbocycles. The number of hydrogen-bond donors (Lipinski definition) is 2. The molecule has 132 valence electrons. The summed E-state index contributed by atoms with van der Waals surface area (Å²) in [6.45, 7) is 8.20. The zero-order valence-electron chi connectivity index (χ0n) is 14.5. The minimum Gasteiger partial charge on any atom is -0.360 e. The monoisotopic (exact) mass is 352 g/mol. The third kappa shape index (κ3) is 3.21. The number of carbonyl (C=O) groups is 1. The molecule has 0 radical (unpaired) electrons. The van der Waals surface area contributed by atoms with Gasteiger partial charge in [-0.2, -0.15) is 0 Å². The van der Waals surface area contributed by atoms with E-state index in [1.807, 2.05) is 44.4 Å². The van der Waals surface area contributed by atoms with Gasteiger partial charge in [0.25, 0.3) is 5.91 Å². The van der Waals surface area contributed by atoms with Gasteiger partial charge in [0.1, 0.15) is 5.76 Å². The molecule has 0 aliphatic heterocycles. The Hall–Kier alpha value is -1.79. The quantitative estimate of drug-likeness (QED) is 0.866. The highest BCUT2D eigenvalue weighted by Gasteiger charge is 2.42. The molecule has 1 fully saturated rings. The van der Waals surface area contributed by atoms with Crippen LogP contribution in [-0.2, 0) is 0 Å². The fourth-order valence-corrected chi connectivity index (χ4v) is 3.17. The maximum atomic E-state index is 12.8. The Bertz CT molecular complexity index is 748. The first-order valence-corrected chi connectivity index (χ1v) is 8.01. The predicted molar refractivity (Wildman–Crippen MR) is 94.9 cm³/mol. The SMILES string of the molecule is Cc1cc(-n2c(C)cc(C(=O)NC(C)(CN)C3CC3)c2C)no1.Cl. The number of nitrogens with two attached hydrogens (primary N) is 1. The van der Waals surface area contributed by atoms with Gasteiger partial charge in [-0.3, -0.25) is 9.36 Å². The van der Waals surface area contributed by atoms with Gasteiger partial charge in [-0.25, -0.2) is 0 Å². The Morgan fingerprint density at radius 2 is 2.08 bits per heavy atom. The lowest BCUT2D eigenvalue weighted by Crippen LogP contribution is -2.53. The first-order valence-electron chi connectivity index (χ1n) is 8.01. The molecule has 0 bridgehead atoms. The number of rotatable bonds is 5. The standard InChI is InChI=1S/C17H24N4O2.ClH/c1-10-7-14(12(3)21(10)15-8-11(2)23-20-15)16(22)19-17(4,9-18)13-5-6-13;/h7-8,13H,5-6,9,18H2,1-4H3,(H,19,22);1H. The van der Waals surface area contributed by atoms with Crippen LogP contribution in [0.5, 0.6) is 0 Å². The van der Waals surface area contributed by atoms with E-state index in [4.69, 9.17) is 10.3 Å². The van der Waals surface area contributed by atoms with Crippen molar-refractivity contribution in [3.8, 4) is 5.82 Å². The summed E-state index contributed by atoms with van der Waals surface area (Å²) in [4.78, 5) is 12.8. The van der Waals surface area contributed by atoms with Crippen LogP contribution >= 0.6 is 12.4 Å². The number of amides is 1. The molecule has 2 aromatic rings. The van der Waals surface area contributed by atoms with E-state index in [2.05, 4.69) is 10.5 Å². The molecule has 0 spiro atoms. The number of nitrogens with one attached hydrogen (secondary N) is 1. The molecule has 3 rings (SSSR count). The van der Waals surface area contributed by atoms with Crippen LogP contribution in [0.25, 0.3) is 5.82 Å². The molecule has 7 heteroatoms. The molecule has 3 N–H and O–H groups in total. The molecule has 0 aromatic carbocycles. The number of aromatic nitrogens is 2. The van der Waals surface area contributed by atoms with Crippen molar-refractivity contribution in [2.24, 2.45) is 11.7 Å². The fourth-order valence-electron chi connectivity index (χ4n) is 3.17. The van der Waals surface area contributed by atoms with Crippen molar-refractivity contribution in [1.82, 2.24) is 15.0 Å². The Morgan fingerprint density at radius 1 is 1.42 bits per heavy atom. The predicted octanol–water partition coefficient (Wildman–Crippen LogP) is 2.67. The van der Waals surface area contributed by atoms with E-state index in [0.29, 0.717) is 23.8 Å². The first kappa shape index (κ1) is 18.5. The molecule has 2 heterocycles. The molecule has 1 amide bonds. The first-order chi connectivity index (χ1) is 10.9. The number of hydrogen-bond acceptors (Lipinski definition) is 4. The Labute approximate surface area is 148 Å². The number of halogens is 1. The molecule has 24 heavy (non-hydrogen) atoms. The minimum atomic E-state index is -0.329. The second kappa shape index (κ2) is 6.61. The lowest BCUT2D eigenvalue weighted by molar-refractivity contribution is 0.0897. The molecule has 1 aliphatic rings. The van der Waals surface area contributed by atoms with E-state index in [-0.39, 0.29) is 23.9 Å². The van der Waals surface area contributed by atoms with Gasteiger partial charge in [0.05, 0.1) is 11.1 Å². The van der Waals surface area contributed by atoms with Crippen LogP contribution in [0, 0.1) is 26.7 Å². The Balaban J connectivity index is 0.00000208. The van der Waals surface area contributed by atoms with Crippen LogP contribution < -0.4 is 11.1 Å². The van der Waals surface area contributed by atoms with E-state index in [1.54, 1.807) is 0 Å². The molecule has 0 saturated heterocycles. The summed E-state index contributed by atoms with van der Waals surface area (Å²) in [5, 5.41) is 7.18. The highest BCUT2D eigenvalue weighted by molar-refractivity contribution is 5.96. The van der Waals surface area contributed by atoms with Gasteiger partial charge in [-0.1, -0.05) is 5.16 Å². The van der Waals surface area contributed by atoms with E-state index in [9.17, 15) is 4.79 Å². The van der Waals surface area contributed by atoms with Crippen LogP contribution in [0.4, 0.5) is 0 Å². The summed E-state index contributed by atoms with van der Waals surface area (Å²) < 4.78 is 7.08. The Kier molecular flexibility index (Phi) is 5.11. The van der Waals surface area contributed by atoms with Gasteiger partial charge in [0.2, 0.25) is 0 Å². The van der Waals surface area contributed by atoms with E-state index in [0.717, 1.165) is 30.0 Å². The van der Waals surface area contributed by atoms with Crippen LogP contribution in [0.15, 0.2) is 16.7 Å². The largest absolute Gasteiger partial charge is 0.360 e. The third-order valence-electron chi connectivity index (χ3n) is 4.82. The van der Waals surface area contributed by atoms with E-state index in [1.165, 1.54) is 0 Å². The van der Waals surface area contributed by atoms with Gasteiger partial charge < -0.3 is 15.6 Å². The average molecular weight is 353 g/mol. The summed E-state index contributed by atoms with van der Waals surface area (Å²) in [6.07, 6.45) is 2.26. The molecule has 1 atom stereocenters. The fraction of sp³-hybridized carbons (Fsp3) is 0.529. The van der Waals surface area contributed by atoms with Crippen LogP contribution in [0.1, 0.15) is 47.3 Å². The van der Waals surface area contributed by atoms with Crippen molar-refractivity contribution >= 4 is 18.3 Å². The molecule has 1 saturated carbocycles. The van der Waals surface area contributed by atoms with Gasteiger partial charge >= 0.3 is 0 Å². The lowest BCUT2D eigenvalue weighted by atomic mass is 9.95. The van der Waals surface area contributed by atoms with Crippen molar-refractivity contribution < 1.29 is 9.32 Å². The number of nitrogens with zero attached hydrogens (tertiary/aromatic N) is 2. The van der Waals surface area contributed by atoms with Crippen molar-refractivity contribution in [3.05, 3.63) is 34.8 Å². The van der Waals surface area contributed by atoms with Crippen LogP contribution in [-0.4, -0.2) is 27.7 Å². The van der Waals surface area contributed by atoms with Gasteiger partial charge in [-0.05, 0) is 52.5 Å². The molecule has 1 unspecified atom stereocenters. The zero-order chi connectivity index (χ0) is 16.8. The number of carbonyl (C=O) groups excluding carboxylic acids is 1. The number of aryl methyl sites for hydroxylation is 2. The van der Waals surface area contributed by atoms with Crippen molar-refractivity contribution in [1.29, 1.82) is 0 Å². The minimum absolute atomic E-state index is 0. The third-order valence-corrected chi connectivity index (χ3v) is 4.82. The van der Waals surface area contributed by atoms with Gasteiger partial charge in [-0.15, -0.1) is 12.4 Å².